The number of aromatic amines is 1. The predicted molar refractivity (Wildman–Crippen MR) is 86.2 cm³/mol. The van der Waals surface area contributed by atoms with E-state index in [4.69, 9.17) is 0 Å². The molecule has 0 saturated heterocycles. The van der Waals surface area contributed by atoms with Gasteiger partial charge >= 0.3 is 0 Å². The summed E-state index contributed by atoms with van der Waals surface area (Å²) < 4.78 is 0.577. The van der Waals surface area contributed by atoms with Crippen LogP contribution in [0.5, 0.6) is 0 Å². The molecule has 0 atom stereocenters. The number of hydrogen-bond donors (Lipinski definition) is 1. The molecule has 0 unspecified atom stereocenters. The summed E-state index contributed by atoms with van der Waals surface area (Å²) in [5.41, 5.74) is 2.09. The van der Waals surface area contributed by atoms with Gasteiger partial charge in [-0.1, -0.05) is 36.4 Å². The van der Waals surface area contributed by atoms with E-state index in [0.717, 1.165) is 5.56 Å². The molecule has 0 aliphatic carbocycles. The van der Waals surface area contributed by atoms with Crippen LogP contribution in [0.2, 0.25) is 0 Å². The fourth-order valence-corrected chi connectivity index (χ4v) is 2.44. The lowest BCUT2D eigenvalue weighted by Gasteiger charge is -2.06. The molecule has 3 aromatic rings. The minimum atomic E-state index is -0.153. The number of nitrogens with zero attached hydrogens (tertiary/aromatic N) is 2. The monoisotopic (exact) mass is 375 g/mol. The van der Waals surface area contributed by atoms with Gasteiger partial charge in [-0.25, -0.2) is 4.98 Å². The Balaban J connectivity index is 2.22. The first kappa shape index (κ1) is 13.0. The summed E-state index contributed by atoms with van der Waals surface area (Å²) in [5.74, 6) is 0.481. The van der Waals surface area contributed by atoms with Crippen molar-refractivity contribution in [3.63, 3.8) is 0 Å². The first-order valence-electron chi connectivity index (χ1n) is 6.02. The second-order valence-electron chi connectivity index (χ2n) is 4.16. The lowest BCUT2D eigenvalue weighted by Crippen LogP contribution is -2.14. The van der Waals surface area contributed by atoms with Gasteiger partial charge in [0.1, 0.15) is 9.26 Å². The van der Waals surface area contributed by atoms with Crippen molar-refractivity contribution in [1.82, 2.24) is 15.0 Å². The summed E-state index contributed by atoms with van der Waals surface area (Å²) in [6.07, 6.45) is 1.68. The lowest BCUT2D eigenvalue weighted by atomic mass is 10.1. The minimum Gasteiger partial charge on any atom is -0.304 e. The molecule has 0 radical (unpaired) electrons. The Morgan fingerprint density at radius 1 is 1.00 bits per heavy atom. The van der Waals surface area contributed by atoms with Crippen molar-refractivity contribution in [3.05, 3.63) is 68.7 Å². The van der Waals surface area contributed by atoms with Crippen LogP contribution in [-0.2, 0) is 0 Å². The van der Waals surface area contributed by atoms with E-state index in [0.29, 0.717) is 20.8 Å². The Bertz CT molecular complexity index is 785. The summed E-state index contributed by atoms with van der Waals surface area (Å²) in [5, 5.41) is 0. The number of rotatable bonds is 2. The molecule has 0 saturated carbocycles. The van der Waals surface area contributed by atoms with Gasteiger partial charge in [0.2, 0.25) is 0 Å². The van der Waals surface area contributed by atoms with Crippen molar-refractivity contribution in [2.45, 2.75) is 0 Å². The maximum Gasteiger partial charge on any atom is 0.265 e. The predicted octanol–water partition coefficient (Wildman–Crippen LogP) is 3.10. The molecule has 4 nitrogen and oxygen atoms in total. The Kier molecular flexibility index (Phi) is 3.60. The molecule has 3 rings (SSSR count). The van der Waals surface area contributed by atoms with Crippen LogP contribution in [0.4, 0.5) is 0 Å². The molecule has 1 N–H and O–H groups in total. The summed E-state index contributed by atoms with van der Waals surface area (Å²) in [4.78, 5) is 23.6. The molecular formula is C15H10IN3O. The smallest absolute Gasteiger partial charge is 0.265 e. The summed E-state index contributed by atoms with van der Waals surface area (Å²) >= 11 is 2.02. The van der Waals surface area contributed by atoms with Crippen molar-refractivity contribution in [1.29, 1.82) is 0 Å². The maximum absolute atomic E-state index is 12.1. The summed E-state index contributed by atoms with van der Waals surface area (Å²) in [6.45, 7) is 0. The molecule has 1 aromatic carbocycles. The SMILES string of the molecule is O=c1[nH]c(-c2ccccn2)nc(-c2ccccc2)c1I. The molecule has 0 amide bonds. The third kappa shape index (κ3) is 2.49. The van der Waals surface area contributed by atoms with Gasteiger partial charge in [0.25, 0.3) is 5.56 Å². The zero-order chi connectivity index (χ0) is 13.9. The molecule has 0 aliphatic rings. The Morgan fingerprint density at radius 3 is 2.45 bits per heavy atom. The molecule has 20 heavy (non-hydrogen) atoms. The Morgan fingerprint density at radius 2 is 1.75 bits per heavy atom. The number of aromatic nitrogens is 3. The Labute approximate surface area is 129 Å². The van der Waals surface area contributed by atoms with E-state index >= 15 is 0 Å². The van der Waals surface area contributed by atoms with Crippen LogP contribution in [-0.4, -0.2) is 15.0 Å². The molecule has 0 bridgehead atoms. The van der Waals surface area contributed by atoms with Crippen LogP contribution in [0.3, 0.4) is 0 Å². The fourth-order valence-electron chi connectivity index (χ4n) is 1.87. The van der Waals surface area contributed by atoms with Gasteiger partial charge in [0.15, 0.2) is 5.82 Å². The second-order valence-corrected chi connectivity index (χ2v) is 5.24. The molecule has 98 valence electrons. The van der Waals surface area contributed by atoms with Crippen LogP contribution in [0.15, 0.2) is 59.5 Å². The molecule has 5 heteroatoms. The standard InChI is InChI=1S/C15H10IN3O/c16-12-13(10-6-2-1-3-7-10)18-14(19-15(12)20)11-8-4-5-9-17-11/h1-9H,(H,18,19,20). The largest absolute Gasteiger partial charge is 0.304 e. The van der Waals surface area contributed by atoms with Crippen LogP contribution in [0.1, 0.15) is 0 Å². The lowest BCUT2D eigenvalue weighted by molar-refractivity contribution is 1.09. The number of benzene rings is 1. The minimum absolute atomic E-state index is 0.153. The number of halogens is 1. The molecule has 0 fully saturated rings. The molecule has 0 spiro atoms. The first-order chi connectivity index (χ1) is 9.75. The highest BCUT2D eigenvalue weighted by atomic mass is 127. The van der Waals surface area contributed by atoms with Gasteiger partial charge in [-0.15, -0.1) is 0 Å². The highest BCUT2D eigenvalue weighted by Gasteiger charge is 2.12. The van der Waals surface area contributed by atoms with Crippen molar-refractivity contribution in [3.8, 4) is 22.8 Å². The van der Waals surface area contributed by atoms with Crippen molar-refractivity contribution >= 4 is 22.6 Å². The second kappa shape index (κ2) is 5.54. The topological polar surface area (TPSA) is 58.6 Å². The van der Waals surface area contributed by atoms with Crippen molar-refractivity contribution < 1.29 is 0 Å². The normalized spacial score (nSPS) is 10.4. The zero-order valence-corrected chi connectivity index (χ0v) is 12.5. The number of pyridine rings is 1. The zero-order valence-electron chi connectivity index (χ0n) is 10.4. The highest BCUT2D eigenvalue weighted by molar-refractivity contribution is 14.1. The molecule has 2 aromatic heterocycles. The number of nitrogens with one attached hydrogen (secondary N) is 1. The Hall–Kier alpha value is -2.02. The van der Waals surface area contributed by atoms with E-state index in [-0.39, 0.29) is 5.56 Å². The van der Waals surface area contributed by atoms with Gasteiger partial charge in [0, 0.05) is 11.8 Å². The fraction of sp³-hybridized carbons (Fsp3) is 0. The maximum atomic E-state index is 12.1. The average Bonchev–Trinajstić information content (AvgIpc) is 2.51. The quantitative estimate of drug-likeness (QED) is 0.701. The number of hydrogen-bond acceptors (Lipinski definition) is 3. The van der Waals surface area contributed by atoms with E-state index in [1.54, 1.807) is 6.20 Å². The third-order valence-electron chi connectivity index (χ3n) is 2.82. The third-order valence-corrected chi connectivity index (χ3v) is 3.82. The van der Waals surface area contributed by atoms with Gasteiger partial charge in [0.05, 0.1) is 5.69 Å². The average molecular weight is 375 g/mol. The highest BCUT2D eigenvalue weighted by Crippen LogP contribution is 2.22. The van der Waals surface area contributed by atoms with Crippen LogP contribution < -0.4 is 5.56 Å². The van der Waals surface area contributed by atoms with Crippen LogP contribution >= 0.6 is 22.6 Å². The molecule has 0 aliphatic heterocycles. The van der Waals surface area contributed by atoms with E-state index in [2.05, 4.69) is 15.0 Å². The van der Waals surface area contributed by atoms with Gasteiger partial charge < -0.3 is 4.98 Å². The summed E-state index contributed by atoms with van der Waals surface area (Å²) in [7, 11) is 0. The van der Waals surface area contributed by atoms with Crippen LogP contribution in [0, 0.1) is 3.57 Å². The van der Waals surface area contributed by atoms with Gasteiger partial charge in [-0.3, -0.25) is 9.78 Å². The van der Waals surface area contributed by atoms with Crippen molar-refractivity contribution in [2.24, 2.45) is 0 Å². The van der Waals surface area contributed by atoms with Gasteiger partial charge in [-0.05, 0) is 34.7 Å². The first-order valence-corrected chi connectivity index (χ1v) is 7.10. The molecule has 2 heterocycles. The number of H-pyrrole nitrogens is 1. The van der Waals surface area contributed by atoms with Crippen molar-refractivity contribution in [2.75, 3.05) is 0 Å². The summed E-state index contributed by atoms with van der Waals surface area (Å²) in [6, 6.07) is 15.2. The molecular weight excluding hydrogens is 365 g/mol. The van der Waals surface area contributed by atoms with E-state index in [9.17, 15) is 4.79 Å². The van der Waals surface area contributed by atoms with E-state index in [1.807, 2.05) is 71.1 Å². The van der Waals surface area contributed by atoms with E-state index in [1.165, 1.54) is 0 Å². The van der Waals surface area contributed by atoms with E-state index < -0.39 is 0 Å². The van der Waals surface area contributed by atoms with Gasteiger partial charge in [-0.2, -0.15) is 0 Å². The van der Waals surface area contributed by atoms with Crippen LogP contribution in [0.25, 0.3) is 22.8 Å².